The van der Waals surface area contributed by atoms with Gasteiger partial charge in [0, 0.05) is 25.2 Å². The van der Waals surface area contributed by atoms with E-state index in [4.69, 9.17) is 21.6 Å². The highest BCUT2D eigenvalue weighted by Gasteiger charge is 2.36. The van der Waals surface area contributed by atoms with Gasteiger partial charge in [-0.05, 0) is 43.9 Å². The van der Waals surface area contributed by atoms with Gasteiger partial charge in [-0.15, -0.1) is 0 Å². The monoisotopic (exact) mass is 390 g/mol. The van der Waals surface area contributed by atoms with Crippen LogP contribution in [0.15, 0.2) is 18.2 Å². The van der Waals surface area contributed by atoms with E-state index in [2.05, 4.69) is 16.7 Å². The van der Waals surface area contributed by atoms with Crippen molar-refractivity contribution < 1.29 is 14.3 Å². The number of nitrogens with one attached hydrogen (secondary N) is 2. The number of ether oxygens (including phenoxy) is 1. The van der Waals surface area contributed by atoms with Crippen molar-refractivity contribution in [3.8, 4) is 11.8 Å². The molecule has 3 atom stereocenters. The topological polar surface area (TPSA) is 94.5 Å². The van der Waals surface area contributed by atoms with Crippen molar-refractivity contribution >= 4 is 29.1 Å². The Morgan fingerprint density at radius 3 is 2.93 bits per heavy atom. The number of benzene rings is 1. The van der Waals surface area contributed by atoms with Gasteiger partial charge in [0.05, 0.1) is 17.1 Å². The number of nitrogens with zero attached hydrogens (tertiary/aromatic N) is 2. The fraction of sp³-hybridized carbons (Fsp3) is 0.526. The molecule has 1 aromatic carbocycles. The summed E-state index contributed by atoms with van der Waals surface area (Å²) in [5.74, 6) is 0.382. The van der Waals surface area contributed by atoms with Gasteiger partial charge in [-0.3, -0.25) is 14.9 Å². The second kappa shape index (κ2) is 8.59. The van der Waals surface area contributed by atoms with Gasteiger partial charge in [-0.1, -0.05) is 11.6 Å². The molecule has 0 radical (unpaired) electrons. The zero-order valence-corrected chi connectivity index (χ0v) is 16.0. The van der Waals surface area contributed by atoms with Crippen LogP contribution in [-0.4, -0.2) is 48.0 Å². The molecule has 3 rings (SSSR count). The molecule has 0 spiro atoms. The summed E-state index contributed by atoms with van der Waals surface area (Å²) in [5.41, 5.74) is 0.613. The molecule has 7 nitrogen and oxygen atoms in total. The zero-order valence-electron chi connectivity index (χ0n) is 15.2. The fourth-order valence-electron chi connectivity index (χ4n) is 3.60. The molecule has 8 heteroatoms. The first-order chi connectivity index (χ1) is 13.0. The minimum Gasteiger partial charge on any atom is -0.490 e. The van der Waals surface area contributed by atoms with Crippen molar-refractivity contribution in [3.05, 3.63) is 23.2 Å². The van der Waals surface area contributed by atoms with E-state index in [0.29, 0.717) is 29.6 Å². The maximum Gasteiger partial charge on any atom is 0.240 e. The third-order valence-electron chi connectivity index (χ3n) is 4.92. The number of hydrogen-bond acceptors (Lipinski definition) is 5. The second-order valence-corrected chi connectivity index (χ2v) is 7.36. The molecular weight excluding hydrogens is 368 g/mol. The zero-order chi connectivity index (χ0) is 19.4. The van der Waals surface area contributed by atoms with Crippen LogP contribution in [-0.2, 0) is 9.59 Å². The first-order valence-electron chi connectivity index (χ1n) is 9.14. The van der Waals surface area contributed by atoms with Crippen molar-refractivity contribution in [3.63, 3.8) is 0 Å². The molecule has 2 N–H and O–H groups in total. The summed E-state index contributed by atoms with van der Waals surface area (Å²) in [7, 11) is 0. The van der Waals surface area contributed by atoms with Crippen molar-refractivity contribution in [2.24, 2.45) is 0 Å². The van der Waals surface area contributed by atoms with E-state index < -0.39 is 0 Å². The maximum absolute atomic E-state index is 12.6. The van der Waals surface area contributed by atoms with E-state index in [1.54, 1.807) is 23.1 Å². The van der Waals surface area contributed by atoms with Gasteiger partial charge in [-0.25, -0.2) is 0 Å². The summed E-state index contributed by atoms with van der Waals surface area (Å²) in [6.07, 6.45) is 3.20. The van der Waals surface area contributed by atoms with Crippen LogP contribution in [0.4, 0.5) is 5.69 Å². The van der Waals surface area contributed by atoms with Crippen LogP contribution in [0.1, 0.15) is 32.6 Å². The number of carbonyl (C=O) groups is 2. The van der Waals surface area contributed by atoms with Crippen molar-refractivity contribution in [1.82, 2.24) is 10.2 Å². The van der Waals surface area contributed by atoms with Crippen LogP contribution in [0.3, 0.4) is 0 Å². The van der Waals surface area contributed by atoms with Gasteiger partial charge in [0.2, 0.25) is 11.8 Å². The lowest BCUT2D eigenvalue weighted by molar-refractivity contribution is -0.133. The number of nitriles is 1. The number of likely N-dealkylation sites (tertiary alicyclic amines) is 1. The molecule has 2 fully saturated rings. The van der Waals surface area contributed by atoms with Crippen LogP contribution < -0.4 is 15.4 Å². The van der Waals surface area contributed by atoms with Gasteiger partial charge in [0.1, 0.15) is 18.4 Å². The van der Waals surface area contributed by atoms with E-state index >= 15 is 0 Å². The molecule has 2 aliphatic rings. The van der Waals surface area contributed by atoms with E-state index in [-0.39, 0.29) is 29.9 Å². The Balaban J connectivity index is 1.51. The summed E-state index contributed by atoms with van der Waals surface area (Å²) >= 11 is 6.21. The number of carbonyl (C=O) groups excluding carboxylic acids is 2. The van der Waals surface area contributed by atoms with E-state index in [0.717, 1.165) is 25.7 Å². The van der Waals surface area contributed by atoms with Crippen molar-refractivity contribution in [1.29, 1.82) is 5.26 Å². The highest BCUT2D eigenvalue weighted by Crippen LogP contribution is 2.28. The molecule has 0 aromatic heterocycles. The predicted molar refractivity (Wildman–Crippen MR) is 102 cm³/mol. The number of halogens is 1. The van der Waals surface area contributed by atoms with Gasteiger partial charge in [0.25, 0.3) is 0 Å². The number of anilines is 1. The number of hydrogen-bond donors (Lipinski definition) is 2. The minimum atomic E-state index is -0.296. The average molecular weight is 391 g/mol. The van der Waals surface area contributed by atoms with Crippen LogP contribution in [0.25, 0.3) is 0 Å². The third-order valence-corrected chi connectivity index (χ3v) is 5.21. The standard InChI is InChI=1S/C19H23ClN4O3/c1-12(25)22-13-5-7-18(16(20)9-13)27-11-14-4-6-17(23-14)19(26)24-8-2-3-15(24)10-21/h5,7,9,14-15,17,23H,2-4,6,8,11H2,1H3,(H,22,25)/t14-,15+,17+/m1/s1. The first kappa shape index (κ1) is 19.5. The Hall–Kier alpha value is -2.30. The highest BCUT2D eigenvalue weighted by atomic mass is 35.5. The SMILES string of the molecule is CC(=O)Nc1ccc(OC[C@H]2CC[C@@H](C(=O)N3CCC[C@H]3C#N)N2)c(Cl)c1. The molecular formula is C19H23ClN4O3. The van der Waals surface area contributed by atoms with Gasteiger partial charge in [-0.2, -0.15) is 5.26 Å². The Morgan fingerprint density at radius 2 is 2.22 bits per heavy atom. The van der Waals surface area contributed by atoms with Crippen LogP contribution in [0.5, 0.6) is 5.75 Å². The quantitative estimate of drug-likeness (QED) is 0.804. The molecule has 27 heavy (non-hydrogen) atoms. The van der Waals surface area contributed by atoms with Crippen LogP contribution >= 0.6 is 11.6 Å². The molecule has 0 aliphatic carbocycles. The molecule has 2 heterocycles. The molecule has 1 aromatic rings. The average Bonchev–Trinajstić information content (AvgIpc) is 3.29. The molecule has 2 saturated heterocycles. The Labute approximate surface area is 163 Å². The van der Waals surface area contributed by atoms with Gasteiger partial charge < -0.3 is 15.0 Å². The van der Waals surface area contributed by atoms with Crippen molar-refractivity contribution in [2.75, 3.05) is 18.5 Å². The number of rotatable bonds is 5. The number of amides is 2. The van der Waals surface area contributed by atoms with Gasteiger partial charge in [0.15, 0.2) is 0 Å². The summed E-state index contributed by atoms with van der Waals surface area (Å²) in [6.45, 7) is 2.49. The summed E-state index contributed by atoms with van der Waals surface area (Å²) < 4.78 is 5.79. The maximum atomic E-state index is 12.6. The Bertz CT molecular complexity index is 764. The lowest BCUT2D eigenvalue weighted by Crippen LogP contribution is -2.47. The molecule has 0 saturated carbocycles. The molecule has 0 bridgehead atoms. The van der Waals surface area contributed by atoms with Crippen LogP contribution in [0.2, 0.25) is 5.02 Å². The molecule has 2 aliphatic heterocycles. The molecule has 144 valence electrons. The van der Waals surface area contributed by atoms with Crippen molar-refractivity contribution in [2.45, 2.75) is 50.7 Å². The smallest absolute Gasteiger partial charge is 0.240 e. The highest BCUT2D eigenvalue weighted by molar-refractivity contribution is 6.32. The summed E-state index contributed by atoms with van der Waals surface area (Å²) in [5, 5.41) is 15.6. The van der Waals surface area contributed by atoms with E-state index in [1.807, 2.05) is 0 Å². The summed E-state index contributed by atoms with van der Waals surface area (Å²) in [6, 6.07) is 6.79. The van der Waals surface area contributed by atoms with E-state index in [1.165, 1.54) is 6.92 Å². The molecule has 2 amide bonds. The first-order valence-corrected chi connectivity index (χ1v) is 9.52. The normalized spacial score (nSPS) is 24.5. The third kappa shape index (κ3) is 4.71. The minimum absolute atomic E-state index is 0.0132. The Kier molecular flexibility index (Phi) is 6.19. The largest absolute Gasteiger partial charge is 0.490 e. The van der Waals surface area contributed by atoms with E-state index in [9.17, 15) is 9.59 Å². The van der Waals surface area contributed by atoms with Crippen LogP contribution in [0, 0.1) is 11.3 Å². The summed E-state index contributed by atoms with van der Waals surface area (Å²) in [4.78, 5) is 25.4. The lowest BCUT2D eigenvalue weighted by atomic mass is 10.1. The fourth-order valence-corrected chi connectivity index (χ4v) is 3.83. The second-order valence-electron chi connectivity index (χ2n) is 6.95. The van der Waals surface area contributed by atoms with Gasteiger partial charge >= 0.3 is 0 Å². The Morgan fingerprint density at radius 1 is 1.41 bits per heavy atom. The molecule has 0 unspecified atom stereocenters. The predicted octanol–water partition coefficient (Wildman–Crippen LogP) is 2.31. The lowest BCUT2D eigenvalue weighted by Gasteiger charge is -2.24.